The molecule has 1 aromatic rings. The number of para-hydroxylation sites is 2. The summed E-state index contributed by atoms with van der Waals surface area (Å²) in [5.74, 6) is 0. The van der Waals surface area contributed by atoms with Gasteiger partial charge in [0.15, 0.2) is 0 Å². The summed E-state index contributed by atoms with van der Waals surface area (Å²) < 4.78 is 0. The summed E-state index contributed by atoms with van der Waals surface area (Å²) >= 11 is 0. The third kappa shape index (κ3) is 2.98. The summed E-state index contributed by atoms with van der Waals surface area (Å²) in [5.41, 5.74) is 1.14. The van der Waals surface area contributed by atoms with Crippen molar-refractivity contribution in [2.75, 3.05) is 24.7 Å². The Morgan fingerprint density at radius 1 is 1.27 bits per heavy atom. The highest BCUT2D eigenvalue weighted by Crippen LogP contribution is 2.20. The van der Waals surface area contributed by atoms with E-state index in [1.54, 1.807) is 38.4 Å². The van der Waals surface area contributed by atoms with Crippen LogP contribution in [-0.2, 0) is 4.79 Å². The second-order valence-electron chi connectivity index (χ2n) is 3.13. The van der Waals surface area contributed by atoms with E-state index < -0.39 is 0 Å². The van der Waals surface area contributed by atoms with E-state index in [9.17, 15) is 9.59 Å². The molecule has 5 heteroatoms. The molecule has 0 aliphatic heterocycles. The summed E-state index contributed by atoms with van der Waals surface area (Å²) in [5, 5.41) is 5.17. The monoisotopic (exact) mass is 207 g/mol. The quantitative estimate of drug-likeness (QED) is 0.735. The minimum atomic E-state index is -0.241. The lowest BCUT2D eigenvalue weighted by molar-refractivity contribution is -0.105. The molecule has 5 nitrogen and oxygen atoms in total. The molecule has 15 heavy (non-hydrogen) atoms. The molecule has 0 fully saturated rings. The Labute approximate surface area is 88.1 Å². The van der Waals surface area contributed by atoms with E-state index in [4.69, 9.17) is 0 Å². The maximum absolute atomic E-state index is 11.4. The first-order valence-corrected chi connectivity index (χ1v) is 4.42. The average molecular weight is 207 g/mol. The van der Waals surface area contributed by atoms with Crippen LogP contribution in [0.4, 0.5) is 16.2 Å². The Bertz CT molecular complexity index is 363. The normalized spacial score (nSPS) is 9.20. The van der Waals surface area contributed by atoms with Crippen LogP contribution in [0.25, 0.3) is 0 Å². The topological polar surface area (TPSA) is 61.4 Å². The highest BCUT2D eigenvalue weighted by atomic mass is 16.2. The molecule has 0 bridgehead atoms. The van der Waals surface area contributed by atoms with E-state index in [0.29, 0.717) is 17.8 Å². The zero-order valence-electron chi connectivity index (χ0n) is 8.65. The maximum Gasteiger partial charge on any atom is 0.321 e. The van der Waals surface area contributed by atoms with Crippen molar-refractivity contribution < 1.29 is 9.59 Å². The first kappa shape index (κ1) is 11.0. The average Bonchev–Trinajstić information content (AvgIpc) is 2.21. The lowest BCUT2D eigenvalue weighted by atomic mass is 10.2. The molecule has 0 saturated carbocycles. The molecule has 0 atom stereocenters. The maximum atomic E-state index is 11.4. The minimum Gasteiger partial charge on any atom is -0.331 e. The molecular weight excluding hydrogens is 194 g/mol. The molecule has 0 aromatic heterocycles. The van der Waals surface area contributed by atoms with Gasteiger partial charge in [0.1, 0.15) is 0 Å². The Balaban J connectivity index is 2.83. The van der Waals surface area contributed by atoms with Crippen LogP contribution in [0.3, 0.4) is 0 Å². The number of urea groups is 1. The van der Waals surface area contributed by atoms with Gasteiger partial charge in [-0.25, -0.2) is 4.79 Å². The molecule has 0 aliphatic carbocycles. The third-order valence-electron chi connectivity index (χ3n) is 1.79. The van der Waals surface area contributed by atoms with Crippen LogP contribution < -0.4 is 10.6 Å². The van der Waals surface area contributed by atoms with Crippen LogP contribution in [0.15, 0.2) is 24.3 Å². The van der Waals surface area contributed by atoms with Crippen LogP contribution in [0.2, 0.25) is 0 Å². The number of nitrogens with zero attached hydrogens (tertiary/aromatic N) is 1. The van der Waals surface area contributed by atoms with Crippen molar-refractivity contribution in [1.82, 2.24) is 4.90 Å². The van der Waals surface area contributed by atoms with E-state index in [1.807, 2.05) is 0 Å². The molecule has 3 amide bonds. The smallest absolute Gasteiger partial charge is 0.321 e. The number of carbonyl (C=O) groups is 2. The third-order valence-corrected chi connectivity index (χ3v) is 1.79. The Morgan fingerprint density at radius 2 is 1.87 bits per heavy atom. The van der Waals surface area contributed by atoms with E-state index >= 15 is 0 Å². The molecule has 2 N–H and O–H groups in total. The summed E-state index contributed by atoms with van der Waals surface area (Å²) in [6, 6.07) is 6.74. The van der Waals surface area contributed by atoms with Gasteiger partial charge in [-0.2, -0.15) is 0 Å². The van der Waals surface area contributed by atoms with E-state index in [-0.39, 0.29) is 6.03 Å². The van der Waals surface area contributed by atoms with Gasteiger partial charge in [0.05, 0.1) is 11.4 Å². The predicted octanol–water partition coefficient (Wildman–Crippen LogP) is 1.35. The standard InChI is InChI=1S/C10H13N3O2/c1-13(2)10(15)12-9-6-4-3-5-8(9)11-7-14/h3-7H,1-2H3,(H,11,14)(H,12,15). The number of rotatable bonds is 3. The minimum absolute atomic E-state index is 0.241. The number of benzene rings is 1. The number of anilines is 2. The largest absolute Gasteiger partial charge is 0.331 e. The second kappa shape index (κ2) is 4.99. The Morgan fingerprint density at radius 3 is 2.40 bits per heavy atom. The summed E-state index contributed by atoms with van der Waals surface area (Å²) in [4.78, 5) is 23.1. The van der Waals surface area contributed by atoms with E-state index in [1.165, 1.54) is 4.90 Å². The molecule has 80 valence electrons. The summed E-state index contributed by atoms with van der Waals surface area (Å²) in [7, 11) is 3.29. The number of hydrogen-bond acceptors (Lipinski definition) is 2. The zero-order chi connectivity index (χ0) is 11.3. The number of amides is 3. The van der Waals surface area contributed by atoms with Crippen molar-refractivity contribution in [2.45, 2.75) is 0 Å². The van der Waals surface area contributed by atoms with Crippen LogP contribution in [0.5, 0.6) is 0 Å². The molecule has 0 aliphatic rings. The van der Waals surface area contributed by atoms with Crippen LogP contribution >= 0.6 is 0 Å². The fraction of sp³-hybridized carbons (Fsp3) is 0.200. The van der Waals surface area contributed by atoms with Crippen molar-refractivity contribution in [3.05, 3.63) is 24.3 Å². The SMILES string of the molecule is CN(C)C(=O)Nc1ccccc1NC=O. The summed E-state index contributed by atoms with van der Waals surface area (Å²) in [6.07, 6.45) is 0.570. The molecule has 0 unspecified atom stereocenters. The number of carbonyl (C=O) groups excluding carboxylic acids is 2. The lowest BCUT2D eigenvalue weighted by Crippen LogP contribution is -2.27. The van der Waals surface area contributed by atoms with E-state index in [0.717, 1.165) is 0 Å². The number of hydrogen-bond donors (Lipinski definition) is 2. The van der Waals surface area contributed by atoms with Gasteiger partial charge in [-0.05, 0) is 12.1 Å². The molecule has 0 saturated heterocycles. The van der Waals surface area contributed by atoms with Gasteiger partial charge in [-0.1, -0.05) is 12.1 Å². The van der Waals surface area contributed by atoms with Crippen molar-refractivity contribution in [3.8, 4) is 0 Å². The fourth-order valence-corrected chi connectivity index (χ4v) is 1.01. The van der Waals surface area contributed by atoms with Crippen molar-refractivity contribution in [1.29, 1.82) is 0 Å². The Kier molecular flexibility index (Phi) is 3.68. The molecule has 0 spiro atoms. The van der Waals surface area contributed by atoms with Crippen LogP contribution in [0, 0.1) is 0 Å². The lowest BCUT2D eigenvalue weighted by Gasteiger charge is -2.14. The molecular formula is C10H13N3O2. The molecule has 1 rings (SSSR count). The highest BCUT2D eigenvalue weighted by Gasteiger charge is 2.06. The predicted molar refractivity (Wildman–Crippen MR) is 58.8 cm³/mol. The Hall–Kier alpha value is -2.04. The van der Waals surface area contributed by atoms with Gasteiger partial charge in [0.2, 0.25) is 6.41 Å². The molecule has 0 radical (unpaired) electrons. The van der Waals surface area contributed by atoms with Crippen molar-refractivity contribution >= 4 is 23.8 Å². The summed E-state index contributed by atoms with van der Waals surface area (Å²) in [6.45, 7) is 0. The van der Waals surface area contributed by atoms with Gasteiger partial charge >= 0.3 is 6.03 Å². The van der Waals surface area contributed by atoms with Gasteiger partial charge < -0.3 is 15.5 Å². The van der Waals surface area contributed by atoms with Crippen LogP contribution in [-0.4, -0.2) is 31.4 Å². The van der Waals surface area contributed by atoms with Gasteiger partial charge in [-0.15, -0.1) is 0 Å². The van der Waals surface area contributed by atoms with Crippen LogP contribution in [0.1, 0.15) is 0 Å². The second-order valence-corrected chi connectivity index (χ2v) is 3.13. The first-order valence-electron chi connectivity index (χ1n) is 4.42. The van der Waals surface area contributed by atoms with Gasteiger partial charge in [0, 0.05) is 14.1 Å². The van der Waals surface area contributed by atoms with Crippen molar-refractivity contribution in [2.24, 2.45) is 0 Å². The zero-order valence-corrected chi connectivity index (χ0v) is 8.65. The van der Waals surface area contributed by atoms with Gasteiger partial charge in [-0.3, -0.25) is 4.79 Å². The van der Waals surface area contributed by atoms with E-state index in [2.05, 4.69) is 10.6 Å². The van der Waals surface area contributed by atoms with Crippen molar-refractivity contribution in [3.63, 3.8) is 0 Å². The molecule has 0 heterocycles. The number of nitrogens with one attached hydrogen (secondary N) is 2. The first-order chi connectivity index (χ1) is 7.15. The fourth-order valence-electron chi connectivity index (χ4n) is 1.01. The molecule has 1 aromatic carbocycles. The van der Waals surface area contributed by atoms with Gasteiger partial charge in [0.25, 0.3) is 0 Å². The highest BCUT2D eigenvalue weighted by molar-refractivity contribution is 5.94.